The molecule has 1 aliphatic heterocycles. The van der Waals surface area contributed by atoms with Gasteiger partial charge in [0.25, 0.3) is 0 Å². The number of nitrogens with zero attached hydrogens (tertiary/aromatic N) is 5. The Morgan fingerprint density at radius 2 is 1.90 bits per heavy atom. The van der Waals surface area contributed by atoms with Crippen molar-refractivity contribution in [2.24, 2.45) is 0 Å². The summed E-state index contributed by atoms with van der Waals surface area (Å²) in [7, 11) is 2.13. The Kier molecular flexibility index (Phi) is 3.99. The van der Waals surface area contributed by atoms with Crippen molar-refractivity contribution < 1.29 is 0 Å². The molecule has 0 radical (unpaired) electrons. The molecule has 2 aromatic heterocycles. The molecular weight excluding hydrogens is 262 g/mol. The van der Waals surface area contributed by atoms with Crippen molar-refractivity contribution >= 4 is 11.8 Å². The maximum absolute atomic E-state index is 4.51. The Balaban J connectivity index is 1.63. The summed E-state index contributed by atoms with van der Waals surface area (Å²) in [6.45, 7) is 3.99. The van der Waals surface area contributed by atoms with Crippen LogP contribution in [0.4, 0.5) is 11.8 Å². The van der Waals surface area contributed by atoms with E-state index >= 15 is 0 Å². The number of hydrogen-bond acceptors (Lipinski definition) is 5. The van der Waals surface area contributed by atoms with Gasteiger partial charge in [-0.1, -0.05) is 6.07 Å². The number of aromatic nitrogens is 3. The molecule has 0 saturated carbocycles. The molecule has 1 saturated heterocycles. The highest BCUT2D eigenvalue weighted by Crippen LogP contribution is 2.22. The highest BCUT2D eigenvalue weighted by atomic mass is 15.3. The average molecular weight is 283 g/mol. The van der Waals surface area contributed by atoms with Crippen molar-refractivity contribution in [1.82, 2.24) is 15.0 Å². The summed E-state index contributed by atoms with van der Waals surface area (Å²) in [6, 6.07) is 8.52. The quantitative estimate of drug-likeness (QED) is 0.865. The first-order valence-electron chi connectivity index (χ1n) is 7.42. The SMILES string of the molecule is Cc1ccnc(N2CCC(N(C)c3ccccn3)CC2)n1. The van der Waals surface area contributed by atoms with Crippen LogP contribution in [0.15, 0.2) is 36.7 Å². The zero-order valence-electron chi connectivity index (χ0n) is 12.6. The van der Waals surface area contributed by atoms with Crippen LogP contribution < -0.4 is 9.80 Å². The Morgan fingerprint density at radius 1 is 1.10 bits per heavy atom. The van der Waals surface area contributed by atoms with Crippen LogP contribution in [0.5, 0.6) is 0 Å². The molecule has 0 unspecified atom stereocenters. The van der Waals surface area contributed by atoms with E-state index < -0.39 is 0 Å². The molecule has 0 aromatic carbocycles. The van der Waals surface area contributed by atoms with Crippen molar-refractivity contribution in [2.75, 3.05) is 29.9 Å². The summed E-state index contributed by atoms with van der Waals surface area (Å²) in [4.78, 5) is 17.9. The standard InChI is InChI=1S/C16H21N5/c1-13-6-10-18-16(19-13)21-11-7-14(8-12-21)20(2)15-5-3-4-9-17-15/h3-6,9-10,14H,7-8,11-12H2,1-2H3. The molecule has 0 atom stereocenters. The molecule has 3 rings (SSSR count). The summed E-state index contributed by atoms with van der Waals surface area (Å²) in [5.41, 5.74) is 1.02. The third-order valence-corrected chi connectivity index (χ3v) is 4.09. The van der Waals surface area contributed by atoms with E-state index in [0.717, 1.165) is 43.4 Å². The molecule has 3 heterocycles. The maximum atomic E-state index is 4.51. The lowest BCUT2D eigenvalue weighted by Gasteiger charge is -2.37. The summed E-state index contributed by atoms with van der Waals surface area (Å²) >= 11 is 0. The number of aryl methyl sites for hydroxylation is 1. The number of hydrogen-bond donors (Lipinski definition) is 0. The molecular formula is C16H21N5. The van der Waals surface area contributed by atoms with E-state index in [1.807, 2.05) is 37.5 Å². The Bertz CT molecular complexity index is 578. The molecule has 21 heavy (non-hydrogen) atoms. The second kappa shape index (κ2) is 6.08. The van der Waals surface area contributed by atoms with Gasteiger partial charge < -0.3 is 9.80 Å². The smallest absolute Gasteiger partial charge is 0.225 e. The van der Waals surface area contributed by atoms with Gasteiger partial charge in [-0.15, -0.1) is 0 Å². The van der Waals surface area contributed by atoms with Crippen LogP contribution in [0.2, 0.25) is 0 Å². The van der Waals surface area contributed by atoms with Crippen LogP contribution in [-0.2, 0) is 0 Å². The summed E-state index contributed by atoms with van der Waals surface area (Å²) in [6.07, 6.45) is 5.89. The van der Waals surface area contributed by atoms with E-state index in [9.17, 15) is 0 Å². The van der Waals surface area contributed by atoms with Crippen LogP contribution in [0.25, 0.3) is 0 Å². The molecule has 0 N–H and O–H groups in total. The lowest BCUT2D eigenvalue weighted by Crippen LogP contribution is -2.44. The average Bonchev–Trinajstić information content (AvgIpc) is 2.55. The number of anilines is 2. The van der Waals surface area contributed by atoms with E-state index in [-0.39, 0.29) is 0 Å². The fraction of sp³-hybridized carbons (Fsp3) is 0.438. The van der Waals surface area contributed by atoms with Crippen molar-refractivity contribution in [1.29, 1.82) is 0 Å². The molecule has 5 heteroatoms. The molecule has 0 aliphatic carbocycles. The summed E-state index contributed by atoms with van der Waals surface area (Å²) in [5.74, 6) is 1.90. The maximum Gasteiger partial charge on any atom is 0.225 e. The molecule has 1 fully saturated rings. The molecule has 0 spiro atoms. The Morgan fingerprint density at radius 3 is 2.57 bits per heavy atom. The first-order valence-corrected chi connectivity index (χ1v) is 7.42. The van der Waals surface area contributed by atoms with Crippen molar-refractivity contribution in [3.63, 3.8) is 0 Å². The van der Waals surface area contributed by atoms with E-state index in [1.165, 1.54) is 0 Å². The minimum Gasteiger partial charge on any atom is -0.357 e. The van der Waals surface area contributed by atoms with Gasteiger partial charge in [0.05, 0.1) is 0 Å². The molecule has 2 aromatic rings. The van der Waals surface area contributed by atoms with Gasteiger partial charge in [0.15, 0.2) is 0 Å². The number of piperidine rings is 1. The lowest BCUT2D eigenvalue weighted by atomic mass is 10.0. The fourth-order valence-corrected chi connectivity index (χ4v) is 2.79. The summed E-state index contributed by atoms with van der Waals surface area (Å²) in [5, 5.41) is 0. The predicted octanol–water partition coefficient (Wildman–Crippen LogP) is 2.29. The molecule has 110 valence electrons. The lowest BCUT2D eigenvalue weighted by molar-refractivity contribution is 0.475. The van der Waals surface area contributed by atoms with Gasteiger partial charge >= 0.3 is 0 Å². The molecule has 0 bridgehead atoms. The fourth-order valence-electron chi connectivity index (χ4n) is 2.79. The first kappa shape index (κ1) is 13.8. The van der Waals surface area contributed by atoms with Crippen LogP contribution in [-0.4, -0.2) is 41.1 Å². The van der Waals surface area contributed by atoms with Gasteiger partial charge in [-0.3, -0.25) is 0 Å². The number of rotatable bonds is 3. The zero-order chi connectivity index (χ0) is 14.7. The minimum absolute atomic E-state index is 0.529. The van der Waals surface area contributed by atoms with Crippen molar-refractivity contribution in [3.05, 3.63) is 42.4 Å². The topological polar surface area (TPSA) is 45.2 Å². The molecule has 1 aliphatic rings. The molecule has 5 nitrogen and oxygen atoms in total. The van der Waals surface area contributed by atoms with Gasteiger partial charge in [0.1, 0.15) is 5.82 Å². The van der Waals surface area contributed by atoms with E-state index in [2.05, 4.69) is 37.9 Å². The normalized spacial score (nSPS) is 16.0. The largest absolute Gasteiger partial charge is 0.357 e. The zero-order valence-corrected chi connectivity index (χ0v) is 12.6. The molecule has 0 amide bonds. The predicted molar refractivity (Wildman–Crippen MR) is 84.6 cm³/mol. The van der Waals surface area contributed by atoms with Gasteiger partial charge in [-0.25, -0.2) is 15.0 Å². The van der Waals surface area contributed by atoms with Gasteiger partial charge in [-0.2, -0.15) is 0 Å². The second-order valence-corrected chi connectivity index (χ2v) is 5.52. The van der Waals surface area contributed by atoms with Crippen LogP contribution in [0.3, 0.4) is 0 Å². The van der Waals surface area contributed by atoms with Gasteiger partial charge in [-0.05, 0) is 38.0 Å². The first-order chi connectivity index (χ1) is 10.2. The van der Waals surface area contributed by atoms with Crippen LogP contribution in [0, 0.1) is 6.92 Å². The summed E-state index contributed by atoms with van der Waals surface area (Å²) < 4.78 is 0. The van der Waals surface area contributed by atoms with E-state index in [4.69, 9.17) is 0 Å². The van der Waals surface area contributed by atoms with Crippen molar-refractivity contribution in [2.45, 2.75) is 25.8 Å². The van der Waals surface area contributed by atoms with Crippen molar-refractivity contribution in [3.8, 4) is 0 Å². The van der Waals surface area contributed by atoms with Gasteiger partial charge in [0, 0.05) is 44.3 Å². The third kappa shape index (κ3) is 3.12. The van der Waals surface area contributed by atoms with Crippen LogP contribution >= 0.6 is 0 Å². The second-order valence-electron chi connectivity index (χ2n) is 5.52. The highest BCUT2D eigenvalue weighted by Gasteiger charge is 2.24. The Labute approximate surface area is 125 Å². The van der Waals surface area contributed by atoms with Gasteiger partial charge in [0.2, 0.25) is 5.95 Å². The highest BCUT2D eigenvalue weighted by molar-refractivity contribution is 5.39. The number of pyridine rings is 1. The minimum atomic E-state index is 0.529. The monoisotopic (exact) mass is 283 g/mol. The van der Waals surface area contributed by atoms with E-state index in [1.54, 1.807) is 0 Å². The van der Waals surface area contributed by atoms with Crippen LogP contribution in [0.1, 0.15) is 18.5 Å². The Hall–Kier alpha value is -2.17. The third-order valence-electron chi connectivity index (χ3n) is 4.09. The van der Waals surface area contributed by atoms with E-state index in [0.29, 0.717) is 6.04 Å².